The normalized spacial score (nSPS) is 11.1. The Balaban J connectivity index is 2.75. The van der Waals surface area contributed by atoms with Crippen LogP contribution in [0.4, 0.5) is 0 Å². The van der Waals surface area contributed by atoms with Crippen molar-refractivity contribution < 1.29 is 0 Å². The van der Waals surface area contributed by atoms with Gasteiger partial charge >= 0.3 is 0 Å². The Labute approximate surface area is 112 Å². The van der Waals surface area contributed by atoms with Gasteiger partial charge in [0.1, 0.15) is 17.4 Å². The Morgan fingerprint density at radius 1 is 1.39 bits per heavy atom. The molecule has 0 N–H and O–H groups in total. The molecule has 2 rings (SSSR count). The maximum Gasteiger partial charge on any atom is 0.125 e. The van der Waals surface area contributed by atoms with Crippen LogP contribution in [0, 0.1) is 11.3 Å². The summed E-state index contributed by atoms with van der Waals surface area (Å²) in [6.45, 7) is 4.32. The van der Waals surface area contributed by atoms with Crippen molar-refractivity contribution >= 4 is 22.6 Å². The van der Waals surface area contributed by atoms with E-state index in [1.807, 2.05) is 12.1 Å². The van der Waals surface area contributed by atoms with E-state index in [9.17, 15) is 0 Å². The summed E-state index contributed by atoms with van der Waals surface area (Å²) >= 11 is 5.99. The first-order valence-electron chi connectivity index (χ1n) is 6.22. The van der Waals surface area contributed by atoms with E-state index in [2.05, 4.69) is 29.5 Å². The lowest BCUT2D eigenvalue weighted by atomic mass is 10.1. The van der Waals surface area contributed by atoms with Crippen LogP contribution in [0.25, 0.3) is 11.0 Å². The first kappa shape index (κ1) is 12.9. The second-order valence-corrected chi connectivity index (χ2v) is 4.55. The third-order valence-electron chi connectivity index (χ3n) is 3.34. The van der Waals surface area contributed by atoms with E-state index in [0.717, 1.165) is 29.7 Å². The van der Waals surface area contributed by atoms with Crippen LogP contribution >= 0.6 is 11.6 Å². The van der Waals surface area contributed by atoms with E-state index >= 15 is 0 Å². The Hall–Kier alpha value is -1.53. The van der Waals surface area contributed by atoms with Gasteiger partial charge < -0.3 is 4.57 Å². The Morgan fingerprint density at radius 2 is 2.11 bits per heavy atom. The largest absolute Gasteiger partial charge is 0.324 e. The Kier molecular flexibility index (Phi) is 3.88. The highest BCUT2D eigenvalue weighted by molar-refractivity contribution is 6.16. The molecule has 18 heavy (non-hydrogen) atoms. The molecule has 0 radical (unpaired) electrons. The topological polar surface area (TPSA) is 41.6 Å². The van der Waals surface area contributed by atoms with E-state index in [-0.39, 0.29) is 0 Å². The molecule has 0 amide bonds. The molecule has 0 aliphatic heterocycles. The summed E-state index contributed by atoms with van der Waals surface area (Å²) in [5, 5.41) is 9.13. The number of aromatic nitrogens is 2. The lowest BCUT2D eigenvalue weighted by Crippen LogP contribution is -2.09. The number of benzene rings is 1. The fourth-order valence-electron chi connectivity index (χ4n) is 2.41. The van der Waals surface area contributed by atoms with E-state index in [1.165, 1.54) is 0 Å². The van der Waals surface area contributed by atoms with Gasteiger partial charge in [0.2, 0.25) is 0 Å². The molecular formula is C14H16ClN3. The van der Waals surface area contributed by atoms with Gasteiger partial charge in [0, 0.05) is 6.04 Å². The van der Waals surface area contributed by atoms with Crippen molar-refractivity contribution in [2.75, 3.05) is 0 Å². The zero-order chi connectivity index (χ0) is 13.1. The number of imidazole rings is 1. The number of para-hydroxylation sites is 1. The van der Waals surface area contributed by atoms with Crippen molar-refractivity contribution in [3.63, 3.8) is 0 Å². The van der Waals surface area contributed by atoms with Crippen molar-refractivity contribution in [3.05, 3.63) is 29.6 Å². The molecule has 4 heteroatoms. The number of nitrogens with zero attached hydrogens (tertiary/aromatic N) is 3. The molecule has 0 saturated carbocycles. The number of alkyl halides is 1. The molecule has 0 atom stereocenters. The number of halogens is 1. The van der Waals surface area contributed by atoms with Gasteiger partial charge in [-0.2, -0.15) is 5.26 Å². The molecule has 1 aromatic heterocycles. The second-order valence-electron chi connectivity index (χ2n) is 4.29. The average molecular weight is 262 g/mol. The minimum atomic E-state index is 0.371. The predicted molar refractivity (Wildman–Crippen MR) is 73.6 cm³/mol. The molecule has 94 valence electrons. The van der Waals surface area contributed by atoms with Crippen LogP contribution in [0.2, 0.25) is 0 Å². The van der Waals surface area contributed by atoms with Crippen LogP contribution in [-0.2, 0) is 5.88 Å². The zero-order valence-electron chi connectivity index (χ0n) is 10.7. The lowest BCUT2D eigenvalue weighted by molar-refractivity contribution is 0.472. The second kappa shape index (κ2) is 5.41. The van der Waals surface area contributed by atoms with Gasteiger partial charge in [-0.3, -0.25) is 0 Å². The molecule has 2 aromatic rings. The van der Waals surface area contributed by atoms with E-state index in [1.54, 1.807) is 6.07 Å². The minimum Gasteiger partial charge on any atom is -0.324 e. The quantitative estimate of drug-likeness (QED) is 0.781. The summed E-state index contributed by atoms with van der Waals surface area (Å²) in [5.74, 6) is 1.22. The summed E-state index contributed by atoms with van der Waals surface area (Å²) in [6, 6.07) is 8.29. The smallest absolute Gasteiger partial charge is 0.125 e. The lowest BCUT2D eigenvalue weighted by Gasteiger charge is -2.18. The molecule has 0 bridgehead atoms. The van der Waals surface area contributed by atoms with Gasteiger partial charge in [0.25, 0.3) is 0 Å². The van der Waals surface area contributed by atoms with Gasteiger partial charge in [-0.25, -0.2) is 4.98 Å². The van der Waals surface area contributed by atoms with Gasteiger partial charge in [0.05, 0.1) is 17.0 Å². The van der Waals surface area contributed by atoms with E-state index < -0.39 is 0 Å². The summed E-state index contributed by atoms with van der Waals surface area (Å²) in [7, 11) is 0. The number of hydrogen-bond acceptors (Lipinski definition) is 2. The average Bonchev–Trinajstić information content (AvgIpc) is 2.79. The summed E-state index contributed by atoms with van der Waals surface area (Å²) < 4.78 is 2.18. The molecule has 0 spiro atoms. The van der Waals surface area contributed by atoms with Crippen LogP contribution < -0.4 is 0 Å². The summed E-state index contributed by atoms with van der Waals surface area (Å²) in [6.07, 6.45) is 2.06. The third-order valence-corrected chi connectivity index (χ3v) is 3.58. The van der Waals surface area contributed by atoms with Crippen LogP contribution in [0.3, 0.4) is 0 Å². The summed E-state index contributed by atoms with van der Waals surface area (Å²) in [5.41, 5.74) is 2.39. The molecule has 0 aliphatic carbocycles. The molecule has 0 saturated heterocycles. The van der Waals surface area contributed by atoms with E-state index in [0.29, 0.717) is 17.5 Å². The Bertz CT molecular complexity index is 591. The SMILES string of the molecule is CCC(CC)n1c(CCl)nc2c(C#N)cccc21. The number of rotatable bonds is 4. The maximum absolute atomic E-state index is 9.13. The highest BCUT2D eigenvalue weighted by Crippen LogP contribution is 2.27. The highest BCUT2D eigenvalue weighted by atomic mass is 35.5. The zero-order valence-corrected chi connectivity index (χ0v) is 11.4. The van der Waals surface area contributed by atoms with Crippen molar-refractivity contribution in [2.24, 2.45) is 0 Å². The molecule has 0 aliphatic rings. The monoisotopic (exact) mass is 261 g/mol. The number of fused-ring (bicyclic) bond motifs is 1. The minimum absolute atomic E-state index is 0.371. The molecule has 0 unspecified atom stereocenters. The summed E-state index contributed by atoms with van der Waals surface area (Å²) in [4.78, 5) is 4.53. The fraction of sp³-hybridized carbons (Fsp3) is 0.429. The first-order valence-corrected chi connectivity index (χ1v) is 6.76. The van der Waals surface area contributed by atoms with Gasteiger partial charge in [0.15, 0.2) is 0 Å². The van der Waals surface area contributed by atoms with Crippen LogP contribution in [0.5, 0.6) is 0 Å². The number of nitriles is 1. The van der Waals surface area contributed by atoms with Crippen LogP contribution in [-0.4, -0.2) is 9.55 Å². The predicted octanol–water partition coefficient (Wildman–Crippen LogP) is 4.01. The fourth-order valence-corrected chi connectivity index (χ4v) is 2.60. The van der Waals surface area contributed by atoms with Gasteiger partial charge in [-0.15, -0.1) is 11.6 Å². The maximum atomic E-state index is 9.13. The standard InChI is InChI=1S/C14H16ClN3/c1-3-11(4-2)18-12-7-5-6-10(9-16)14(12)17-13(18)8-15/h5-7,11H,3-4,8H2,1-2H3. The van der Waals surface area contributed by atoms with Crippen LogP contribution in [0.1, 0.15) is 44.1 Å². The molecule has 1 aromatic carbocycles. The van der Waals surface area contributed by atoms with Crippen molar-refractivity contribution in [3.8, 4) is 6.07 Å². The number of hydrogen-bond donors (Lipinski definition) is 0. The van der Waals surface area contributed by atoms with Crippen molar-refractivity contribution in [1.82, 2.24) is 9.55 Å². The molecule has 0 fully saturated rings. The first-order chi connectivity index (χ1) is 8.76. The third kappa shape index (κ3) is 1.97. The molecule has 3 nitrogen and oxygen atoms in total. The van der Waals surface area contributed by atoms with Crippen molar-refractivity contribution in [1.29, 1.82) is 5.26 Å². The molecular weight excluding hydrogens is 246 g/mol. The van der Waals surface area contributed by atoms with Crippen LogP contribution in [0.15, 0.2) is 18.2 Å². The molecule has 1 heterocycles. The highest BCUT2D eigenvalue weighted by Gasteiger charge is 2.17. The Morgan fingerprint density at radius 3 is 2.67 bits per heavy atom. The van der Waals surface area contributed by atoms with Gasteiger partial charge in [-0.05, 0) is 25.0 Å². The van der Waals surface area contributed by atoms with E-state index in [4.69, 9.17) is 16.9 Å². The van der Waals surface area contributed by atoms with Crippen molar-refractivity contribution in [2.45, 2.75) is 38.6 Å². The van der Waals surface area contributed by atoms with Gasteiger partial charge in [-0.1, -0.05) is 19.9 Å².